The van der Waals surface area contributed by atoms with E-state index >= 15 is 0 Å². The Hall–Kier alpha value is -2.42. The SMILES string of the molecule is CC(C)CCC(=O)NCCN1C(=O)SC(=Cc2ccc(OC(F)F)cc2)C1=O. The smallest absolute Gasteiger partial charge is 0.387 e. The number of nitrogens with one attached hydrogen (secondary N) is 1. The molecule has 0 aliphatic carbocycles. The molecule has 2 rings (SSSR count). The van der Waals surface area contributed by atoms with Crippen LogP contribution in [0.2, 0.25) is 0 Å². The highest BCUT2D eigenvalue weighted by Crippen LogP contribution is 2.32. The van der Waals surface area contributed by atoms with E-state index in [-0.39, 0.29) is 29.7 Å². The number of hydrogen-bond donors (Lipinski definition) is 1. The molecule has 28 heavy (non-hydrogen) atoms. The summed E-state index contributed by atoms with van der Waals surface area (Å²) >= 11 is 0.799. The monoisotopic (exact) mass is 412 g/mol. The summed E-state index contributed by atoms with van der Waals surface area (Å²) in [5.74, 6) is -0.122. The number of thioether (sulfide) groups is 1. The van der Waals surface area contributed by atoms with E-state index in [0.717, 1.165) is 23.1 Å². The maximum atomic E-state index is 12.4. The van der Waals surface area contributed by atoms with E-state index in [9.17, 15) is 23.2 Å². The first-order chi connectivity index (χ1) is 13.3. The van der Waals surface area contributed by atoms with E-state index in [1.165, 1.54) is 30.3 Å². The number of nitrogens with zero attached hydrogens (tertiary/aromatic N) is 1. The van der Waals surface area contributed by atoms with E-state index in [1.54, 1.807) is 0 Å². The molecule has 0 unspecified atom stereocenters. The highest BCUT2D eigenvalue weighted by molar-refractivity contribution is 8.18. The Morgan fingerprint density at radius 3 is 2.54 bits per heavy atom. The van der Waals surface area contributed by atoms with Gasteiger partial charge in [0.25, 0.3) is 11.1 Å². The van der Waals surface area contributed by atoms with Crippen LogP contribution in [0.5, 0.6) is 5.75 Å². The molecule has 1 aromatic carbocycles. The van der Waals surface area contributed by atoms with Gasteiger partial charge >= 0.3 is 6.61 Å². The van der Waals surface area contributed by atoms with Crippen molar-refractivity contribution in [1.82, 2.24) is 10.2 Å². The van der Waals surface area contributed by atoms with Crippen molar-refractivity contribution in [1.29, 1.82) is 0 Å². The average Bonchev–Trinajstić information content (AvgIpc) is 2.88. The highest BCUT2D eigenvalue weighted by atomic mass is 32.2. The number of alkyl halides is 2. The van der Waals surface area contributed by atoms with Crippen molar-refractivity contribution in [2.24, 2.45) is 5.92 Å². The van der Waals surface area contributed by atoms with E-state index in [2.05, 4.69) is 10.1 Å². The molecule has 0 atom stereocenters. The normalized spacial score (nSPS) is 15.8. The lowest BCUT2D eigenvalue weighted by molar-refractivity contribution is -0.124. The van der Waals surface area contributed by atoms with E-state index < -0.39 is 17.8 Å². The number of benzene rings is 1. The molecule has 6 nitrogen and oxygen atoms in total. The Balaban J connectivity index is 1.90. The number of imide groups is 1. The van der Waals surface area contributed by atoms with Crippen LogP contribution >= 0.6 is 11.8 Å². The molecule has 1 aromatic rings. The Kier molecular flexibility index (Phi) is 7.98. The zero-order valence-electron chi connectivity index (χ0n) is 15.6. The van der Waals surface area contributed by atoms with Crippen LogP contribution in [-0.4, -0.2) is 41.7 Å². The van der Waals surface area contributed by atoms with E-state index in [0.29, 0.717) is 17.9 Å². The molecule has 1 heterocycles. The van der Waals surface area contributed by atoms with Gasteiger partial charge in [-0.25, -0.2) is 0 Å². The summed E-state index contributed by atoms with van der Waals surface area (Å²) in [6.45, 7) is 1.44. The van der Waals surface area contributed by atoms with Gasteiger partial charge in [-0.1, -0.05) is 26.0 Å². The third-order valence-corrected chi connectivity index (χ3v) is 4.79. The minimum absolute atomic E-state index is 0.00784. The Labute approximate surface area is 166 Å². The lowest BCUT2D eigenvalue weighted by atomic mass is 10.1. The Bertz CT molecular complexity index is 751. The second-order valence-corrected chi connectivity index (χ2v) is 7.56. The molecule has 0 saturated carbocycles. The van der Waals surface area contributed by atoms with Crippen LogP contribution in [0.15, 0.2) is 29.2 Å². The molecular weight excluding hydrogens is 390 g/mol. The molecule has 1 saturated heterocycles. The standard InChI is InChI=1S/C19H22F2N2O4S/c1-12(2)3-8-16(24)22-9-10-23-17(25)15(28-19(23)26)11-13-4-6-14(7-5-13)27-18(20)21/h4-7,11-12,18H,3,8-10H2,1-2H3,(H,22,24). The fourth-order valence-corrected chi connectivity index (χ4v) is 3.27. The van der Waals surface area contributed by atoms with Crippen molar-refractivity contribution in [2.75, 3.05) is 13.1 Å². The number of carbonyl (C=O) groups excluding carboxylic acids is 3. The molecule has 0 bridgehead atoms. The van der Waals surface area contributed by atoms with Gasteiger partial charge in [0.05, 0.1) is 4.91 Å². The molecule has 1 N–H and O–H groups in total. The van der Waals surface area contributed by atoms with Gasteiger partial charge in [0.2, 0.25) is 5.91 Å². The maximum Gasteiger partial charge on any atom is 0.387 e. The largest absolute Gasteiger partial charge is 0.435 e. The number of rotatable bonds is 9. The molecule has 0 spiro atoms. The third-order valence-electron chi connectivity index (χ3n) is 3.88. The van der Waals surface area contributed by atoms with Crippen LogP contribution in [0.4, 0.5) is 13.6 Å². The number of amides is 3. The van der Waals surface area contributed by atoms with Crippen molar-refractivity contribution in [3.63, 3.8) is 0 Å². The summed E-state index contributed by atoms with van der Waals surface area (Å²) in [6, 6.07) is 5.74. The summed E-state index contributed by atoms with van der Waals surface area (Å²) in [4.78, 5) is 37.5. The first-order valence-electron chi connectivity index (χ1n) is 8.83. The maximum absolute atomic E-state index is 12.4. The van der Waals surface area contributed by atoms with Gasteiger partial charge in [-0.15, -0.1) is 0 Å². The topological polar surface area (TPSA) is 75.7 Å². The first kappa shape index (κ1) is 21.9. The lowest BCUT2D eigenvalue weighted by Crippen LogP contribution is -2.37. The zero-order valence-corrected chi connectivity index (χ0v) is 16.4. The molecular formula is C19H22F2N2O4S. The Morgan fingerprint density at radius 2 is 1.93 bits per heavy atom. The molecule has 1 aliphatic rings. The fraction of sp³-hybridized carbons (Fsp3) is 0.421. The van der Waals surface area contributed by atoms with E-state index in [1.807, 2.05) is 13.8 Å². The quantitative estimate of drug-likeness (QED) is 0.623. The van der Waals surface area contributed by atoms with Crippen molar-refractivity contribution in [3.05, 3.63) is 34.7 Å². The molecule has 3 amide bonds. The summed E-state index contributed by atoms with van der Waals surface area (Å²) in [5.41, 5.74) is 0.578. The van der Waals surface area contributed by atoms with Crippen LogP contribution in [0.3, 0.4) is 0 Å². The van der Waals surface area contributed by atoms with Crippen LogP contribution in [0.1, 0.15) is 32.3 Å². The second kappa shape index (κ2) is 10.2. The average molecular weight is 412 g/mol. The fourth-order valence-electron chi connectivity index (χ4n) is 2.40. The molecule has 1 fully saturated rings. The van der Waals surface area contributed by atoms with Gasteiger partial charge in [0.1, 0.15) is 5.75 Å². The van der Waals surface area contributed by atoms with Crippen molar-refractivity contribution in [2.45, 2.75) is 33.3 Å². The van der Waals surface area contributed by atoms with Crippen molar-refractivity contribution < 1.29 is 27.9 Å². The summed E-state index contributed by atoms with van der Waals surface area (Å²) in [7, 11) is 0. The summed E-state index contributed by atoms with van der Waals surface area (Å²) in [5, 5.41) is 2.29. The van der Waals surface area contributed by atoms with Crippen molar-refractivity contribution >= 4 is 34.9 Å². The van der Waals surface area contributed by atoms with Crippen LogP contribution in [-0.2, 0) is 9.59 Å². The van der Waals surface area contributed by atoms with Gasteiger partial charge in [-0.05, 0) is 47.9 Å². The van der Waals surface area contributed by atoms with Gasteiger partial charge in [-0.2, -0.15) is 8.78 Å². The van der Waals surface area contributed by atoms with Crippen molar-refractivity contribution in [3.8, 4) is 5.75 Å². The van der Waals surface area contributed by atoms with E-state index in [4.69, 9.17) is 0 Å². The predicted octanol–water partition coefficient (Wildman–Crippen LogP) is 3.88. The zero-order chi connectivity index (χ0) is 20.7. The van der Waals surface area contributed by atoms with Gasteiger partial charge in [0.15, 0.2) is 0 Å². The molecule has 1 aliphatic heterocycles. The second-order valence-electron chi connectivity index (χ2n) is 6.56. The minimum Gasteiger partial charge on any atom is -0.435 e. The third kappa shape index (κ3) is 6.63. The summed E-state index contributed by atoms with van der Waals surface area (Å²) < 4.78 is 28.6. The van der Waals surface area contributed by atoms with Gasteiger partial charge < -0.3 is 10.1 Å². The number of carbonyl (C=O) groups is 3. The Morgan fingerprint density at radius 1 is 1.25 bits per heavy atom. The van der Waals surface area contributed by atoms with Gasteiger partial charge in [-0.3, -0.25) is 19.3 Å². The molecule has 9 heteroatoms. The minimum atomic E-state index is -2.91. The molecule has 0 radical (unpaired) electrons. The van der Waals surface area contributed by atoms with Gasteiger partial charge in [0, 0.05) is 19.5 Å². The first-order valence-corrected chi connectivity index (χ1v) is 9.65. The number of hydrogen-bond acceptors (Lipinski definition) is 5. The number of ether oxygens (including phenoxy) is 1. The lowest BCUT2D eigenvalue weighted by Gasteiger charge is -2.13. The summed E-state index contributed by atoms with van der Waals surface area (Å²) in [6.07, 6.45) is 2.69. The molecule has 152 valence electrons. The molecule has 0 aromatic heterocycles. The van der Waals surface area contributed by atoms with Crippen LogP contribution < -0.4 is 10.1 Å². The highest BCUT2D eigenvalue weighted by Gasteiger charge is 2.34. The van der Waals surface area contributed by atoms with Crippen LogP contribution in [0, 0.1) is 5.92 Å². The number of halogens is 2. The van der Waals surface area contributed by atoms with Crippen LogP contribution in [0.25, 0.3) is 6.08 Å². The predicted molar refractivity (Wildman–Crippen MR) is 103 cm³/mol.